The van der Waals surface area contributed by atoms with Crippen LogP contribution in [0.1, 0.15) is 12.6 Å². The second kappa shape index (κ2) is 2.56. The number of fused-ring (bicyclic) bond motifs is 1. The minimum absolute atomic E-state index is 0.0534. The molecule has 1 unspecified atom stereocenters. The second-order valence-corrected chi connectivity index (χ2v) is 2.64. The minimum Gasteiger partial charge on any atom is -0.394 e. The van der Waals surface area contributed by atoms with Gasteiger partial charge in [0.25, 0.3) is 0 Å². The minimum atomic E-state index is -0.0534. The molecule has 0 aromatic carbocycles. The second-order valence-electron chi connectivity index (χ2n) is 2.64. The van der Waals surface area contributed by atoms with Crippen LogP contribution in [0.15, 0.2) is 16.4 Å². The molecule has 1 aromatic heterocycles. The summed E-state index contributed by atoms with van der Waals surface area (Å²) in [5, 5.41) is 11.9. The number of nitrogen functional groups attached to an aromatic ring is 1. The number of hydrogen-bond acceptors (Lipinski definition) is 5. The summed E-state index contributed by atoms with van der Waals surface area (Å²) in [6, 6.07) is 0. The molecular weight excluding hydrogens is 156 g/mol. The van der Waals surface area contributed by atoms with Crippen LogP contribution in [-0.4, -0.2) is 16.3 Å². The van der Waals surface area contributed by atoms with Crippen molar-refractivity contribution in [2.75, 3.05) is 12.3 Å². The fraction of sp³-hybridized carbons (Fsp3) is 0.500. The molecular formula is C6H10N6. The molecule has 1 aliphatic rings. The summed E-state index contributed by atoms with van der Waals surface area (Å²) < 4.78 is 1.70. The van der Waals surface area contributed by atoms with E-state index in [-0.39, 0.29) is 6.17 Å². The van der Waals surface area contributed by atoms with Crippen LogP contribution in [0.5, 0.6) is 0 Å². The van der Waals surface area contributed by atoms with Crippen LogP contribution in [0.4, 0.5) is 11.5 Å². The van der Waals surface area contributed by atoms with Gasteiger partial charge in [-0.2, -0.15) is 10.2 Å². The van der Waals surface area contributed by atoms with Gasteiger partial charge < -0.3 is 11.5 Å². The van der Waals surface area contributed by atoms with Crippen molar-refractivity contribution in [2.24, 2.45) is 16.0 Å². The molecule has 0 bridgehead atoms. The highest BCUT2D eigenvalue weighted by atomic mass is 15.5. The van der Waals surface area contributed by atoms with Gasteiger partial charge in [0.2, 0.25) is 0 Å². The number of hydrogen-bond donors (Lipinski definition) is 2. The molecule has 0 spiro atoms. The maximum Gasteiger partial charge on any atom is 0.198 e. The SMILES string of the molecule is NCCC1N=Nc2c(N)cnn21. The summed E-state index contributed by atoms with van der Waals surface area (Å²) >= 11 is 0. The molecule has 6 heteroatoms. The fourth-order valence-corrected chi connectivity index (χ4v) is 1.19. The molecule has 12 heavy (non-hydrogen) atoms. The number of nitrogens with zero attached hydrogens (tertiary/aromatic N) is 4. The average molecular weight is 166 g/mol. The van der Waals surface area contributed by atoms with Gasteiger partial charge in [-0.15, -0.1) is 5.11 Å². The van der Waals surface area contributed by atoms with Crippen molar-refractivity contribution in [3.63, 3.8) is 0 Å². The van der Waals surface area contributed by atoms with Crippen LogP contribution in [-0.2, 0) is 0 Å². The van der Waals surface area contributed by atoms with E-state index >= 15 is 0 Å². The molecule has 1 aromatic rings. The summed E-state index contributed by atoms with van der Waals surface area (Å²) in [5.41, 5.74) is 11.5. The van der Waals surface area contributed by atoms with Crippen molar-refractivity contribution in [1.29, 1.82) is 0 Å². The maximum atomic E-state index is 5.58. The normalized spacial score (nSPS) is 19.9. The molecule has 0 amide bonds. The highest BCUT2D eigenvalue weighted by Gasteiger charge is 2.21. The lowest BCUT2D eigenvalue weighted by Crippen LogP contribution is -2.10. The van der Waals surface area contributed by atoms with E-state index in [9.17, 15) is 0 Å². The molecule has 0 radical (unpaired) electrons. The molecule has 0 saturated carbocycles. The maximum absolute atomic E-state index is 5.58. The molecule has 6 nitrogen and oxygen atoms in total. The Labute approximate surface area is 69.3 Å². The molecule has 0 aliphatic carbocycles. The van der Waals surface area contributed by atoms with E-state index in [1.807, 2.05) is 0 Å². The Morgan fingerprint density at radius 3 is 3.17 bits per heavy atom. The van der Waals surface area contributed by atoms with Gasteiger partial charge in [-0.1, -0.05) is 0 Å². The molecule has 4 N–H and O–H groups in total. The van der Waals surface area contributed by atoms with Crippen LogP contribution in [0.25, 0.3) is 0 Å². The Morgan fingerprint density at radius 2 is 2.42 bits per heavy atom. The van der Waals surface area contributed by atoms with E-state index in [0.29, 0.717) is 18.1 Å². The van der Waals surface area contributed by atoms with Crippen LogP contribution >= 0.6 is 0 Å². The van der Waals surface area contributed by atoms with Crippen LogP contribution in [0, 0.1) is 0 Å². The Hall–Kier alpha value is -1.43. The summed E-state index contributed by atoms with van der Waals surface area (Å²) in [6.07, 6.45) is 2.27. The van der Waals surface area contributed by atoms with Crippen molar-refractivity contribution in [1.82, 2.24) is 9.78 Å². The van der Waals surface area contributed by atoms with Crippen molar-refractivity contribution in [3.05, 3.63) is 6.20 Å². The zero-order chi connectivity index (χ0) is 8.55. The Morgan fingerprint density at radius 1 is 1.58 bits per heavy atom. The smallest absolute Gasteiger partial charge is 0.198 e. The Balaban J connectivity index is 2.31. The van der Waals surface area contributed by atoms with Gasteiger partial charge in [0.1, 0.15) is 0 Å². The van der Waals surface area contributed by atoms with Crippen molar-refractivity contribution in [3.8, 4) is 0 Å². The molecule has 64 valence electrons. The zero-order valence-corrected chi connectivity index (χ0v) is 6.51. The summed E-state index contributed by atoms with van der Waals surface area (Å²) in [6.45, 7) is 0.572. The topological polar surface area (TPSA) is 94.6 Å². The quantitative estimate of drug-likeness (QED) is 0.666. The number of rotatable bonds is 2. The van der Waals surface area contributed by atoms with E-state index < -0.39 is 0 Å². The molecule has 2 heterocycles. The first-order valence-electron chi connectivity index (χ1n) is 3.77. The summed E-state index contributed by atoms with van der Waals surface area (Å²) in [7, 11) is 0. The van der Waals surface area contributed by atoms with E-state index in [1.165, 1.54) is 0 Å². The van der Waals surface area contributed by atoms with Gasteiger partial charge in [-0.3, -0.25) is 0 Å². The monoisotopic (exact) mass is 166 g/mol. The van der Waals surface area contributed by atoms with Gasteiger partial charge >= 0.3 is 0 Å². The predicted octanol–water partition coefficient (Wildman–Crippen LogP) is 0.410. The zero-order valence-electron chi connectivity index (χ0n) is 6.51. The Bertz CT molecular complexity index is 314. The largest absolute Gasteiger partial charge is 0.394 e. The molecule has 0 saturated heterocycles. The highest BCUT2D eigenvalue weighted by Crippen LogP contribution is 2.33. The van der Waals surface area contributed by atoms with E-state index in [2.05, 4.69) is 15.3 Å². The number of azo groups is 1. The van der Waals surface area contributed by atoms with Crippen molar-refractivity contribution < 1.29 is 0 Å². The van der Waals surface area contributed by atoms with Gasteiger partial charge in [-0.25, -0.2) is 4.68 Å². The van der Waals surface area contributed by atoms with E-state index in [0.717, 1.165) is 6.42 Å². The Kier molecular flexibility index (Phi) is 1.54. The lowest BCUT2D eigenvalue weighted by Gasteiger charge is -2.04. The average Bonchev–Trinajstić information content (AvgIpc) is 2.58. The van der Waals surface area contributed by atoms with Crippen LogP contribution in [0.2, 0.25) is 0 Å². The highest BCUT2D eigenvalue weighted by molar-refractivity contribution is 5.57. The van der Waals surface area contributed by atoms with Gasteiger partial charge in [0.15, 0.2) is 12.0 Å². The first-order chi connectivity index (χ1) is 5.83. The predicted molar refractivity (Wildman–Crippen MR) is 43.9 cm³/mol. The molecule has 1 atom stereocenters. The van der Waals surface area contributed by atoms with E-state index in [1.54, 1.807) is 10.9 Å². The number of nitrogens with two attached hydrogens (primary N) is 2. The molecule has 1 aliphatic heterocycles. The van der Waals surface area contributed by atoms with Gasteiger partial charge in [0, 0.05) is 6.42 Å². The summed E-state index contributed by atoms with van der Waals surface area (Å²) in [5.74, 6) is 0.647. The summed E-state index contributed by atoms with van der Waals surface area (Å²) in [4.78, 5) is 0. The molecule has 2 rings (SSSR count). The van der Waals surface area contributed by atoms with Crippen molar-refractivity contribution in [2.45, 2.75) is 12.6 Å². The fourth-order valence-electron chi connectivity index (χ4n) is 1.19. The third-order valence-corrected chi connectivity index (χ3v) is 1.79. The first-order valence-corrected chi connectivity index (χ1v) is 3.77. The third kappa shape index (κ3) is 0.884. The molecule has 0 fully saturated rings. The first kappa shape index (κ1) is 7.23. The number of aromatic nitrogens is 2. The van der Waals surface area contributed by atoms with Gasteiger partial charge in [0.05, 0.1) is 11.9 Å². The van der Waals surface area contributed by atoms with Crippen LogP contribution in [0.3, 0.4) is 0 Å². The van der Waals surface area contributed by atoms with Gasteiger partial charge in [-0.05, 0) is 6.54 Å². The van der Waals surface area contributed by atoms with Crippen LogP contribution < -0.4 is 11.5 Å². The lowest BCUT2D eigenvalue weighted by molar-refractivity contribution is 0.467. The number of anilines is 1. The van der Waals surface area contributed by atoms with Crippen molar-refractivity contribution >= 4 is 11.5 Å². The van der Waals surface area contributed by atoms with E-state index in [4.69, 9.17) is 11.5 Å². The standard InChI is InChI=1S/C6H10N6/c7-2-1-5-10-11-6-4(8)3-9-12(5)6/h3,5H,1-2,7-8H2. The lowest BCUT2D eigenvalue weighted by atomic mass is 10.3. The third-order valence-electron chi connectivity index (χ3n) is 1.79.